The highest BCUT2D eigenvalue weighted by atomic mass is 35.5. The van der Waals surface area contributed by atoms with E-state index in [4.69, 9.17) is 15.8 Å². The lowest BCUT2D eigenvalue weighted by atomic mass is 10.2. The maximum absolute atomic E-state index is 12.3. The topological polar surface area (TPSA) is 103 Å². The number of amides is 1. The fraction of sp³-hybridized carbons (Fsp3) is 0.105. The number of halogens is 1. The number of rotatable bonds is 6. The highest BCUT2D eigenvalue weighted by Crippen LogP contribution is 2.19. The number of nitrogens with zero attached hydrogens (tertiary/aromatic N) is 3. The van der Waals surface area contributed by atoms with Crippen LogP contribution in [0.1, 0.15) is 21.6 Å². The SMILES string of the molecule is Cc1ccc(S(=O)(=O)Oc2ccc(/C=N\NC(=O)c3nn(C)cc3Cl)cc2)cc1. The van der Waals surface area contributed by atoms with E-state index in [1.165, 1.54) is 41.4 Å². The van der Waals surface area contributed by atoms with Crippen molar-refractivity contribution in [3.05, 3.63) is 76.6 Å². The number of hydrogen-bond donors (Lipinski definition) is 1. The first-order valence-electron chi connectivity index (χ1n) is 8.38. The molecule has 8 nitrogen and oxygen atoms in total. The minimum absolute atomic E-state index is 0.0661. The standard InChI is InChI=1S/C19H17ClN4O4S/c1-13-3-9-16(10-4-13)29(26,27)28-15-7-5-14(6-8-15)11-21-22-19(25)18-17(20)12-24(2)23-18/h3-12H,1-2H3,(H,22,25)/b21-11-. The van der Waals surface area contributed by atoms with Crippen molar-refractivity contribution in [1.82, 2.24) is 15.2 Å². The van der Waals surface area contributed by atoms with E-state index in [0.717, 1.165) is 5.56 Å². The Morgan fingerprint density at radius 2 is 1.83 bits per heavy atom. The highest BCUT2D eigenvalue weighted by Gasteiger charge is 2.16. The third kappa shape index (κ3) is 5.21. The van der Waals surface area contributed by atoms with Crippen LogP contribution in [-0.2, 0) is 17.2 Å². The first-order chi connectivity index (χ1) is 13.7. The van der Waals surface area contributed by atoms with Crippen molar-refractivity contribution in [2.24, 2.45) is 12.1 Å². The monoisotopic (exact) mass is 432 g/mol. The summed E-state index contributed by atoms with van der Waals surface area (Å²) in [6.45, 7) is 1.87. The van der Waals surface area contributed by atoms with Crippen LogP contribution in [0.25, 0.3) is 0 Å². The lowest BCUT2D eigenvalue weighted by molar-refractivity contribution is 0.0949. The second-order valence-electron chi connectivity index (χ2n) is 6.12. The predicted molar refractivity (Wildman–Crippen MR) is 109 cm³/mol. The Labute approximate surface area is 172 Å². The first kappa shape index (κ1) is 20.6. The fourth-order valence-corrected chi connectivity index (χ4v) is 3.52. The molecule has 2 aromatic carbocycles. The molecule has 0 aliphatic carbocycles. The summed E-state index contributed by atoms with van der Waals surface area (Å²) >= 11 is 5.90. The van der Waals surface area contributed by atoms with Crippen molar-refractivity contribution in [2.75, 3.05) is 0 Å². The number of nitrogens with one attached hydrogen (secondary N) is 1. The Bertz CT molecular complexity index is 1150. The molecule has 0 aliphatic rings. The van der Waals surface area contributed by atoms with Crippen molar-refractivity contribution in [1.29, 1.82) is 0 Å². The molecule has 150 valence electrons. The summed E-state index contributed by atoms with van der Waals surface area (Å²) in [4.78, 5) is 12.0. The number of carbonyl (C=O) groups is 1. The molecule has 29 heavy (non-hydrogen) atoms. The molecule has 3 aromatic rings. The zero-order chi connectivity index (χ0) is 21.0. The minimum Gasteiger partial charge on any atom is -0.379 e. The molecular formula is C19H17ClN4O4S. The van der Waals surface area contributed by atoms with Crippen LogP contribution in [0.2, 0.25) is 5.02 Å². The van der Waals surface area contributed by atoms with Crippen LogP contribution in [0, 0.1) is 6.92 Å². The Morgan fingerprint density at radius 1 is 1.17 bits per heavy atom. The molecule has 0 saturated heterocycles. The summed E-state index contributed by atoms with van der Waals surface area (Å²) in [7, 11) is -2.27. The Hall–Kier alpha value is -3.17. The molecule has 1 amide bonds. The van der Waals surface area contributed by atoms with Gasteiger partial charge in [0.1, 0.15) is 10.6 Å². The normalized spacial score (nSPS) is 11.6. The van der Waals surface area contributed by atoms with Gasteiger partial charge in [0, 0.05) is 13.2 Å². The van der Waals surface area contributed by atoms with Crippen LogP contribution >= 0.6 is 11.6 Å². The second kappa shape index (κ2) is 8.46. The number of hydrazone groups is 1. The number of carbonyl (C=O) groups excluding carboxylic acids is 1. The molecule has 10 heteroatoms. The maximum atomic E-state index is 12.3. The van der Waals surface area contributed by atoms with Gasteiger partial charge in [-0.3, -0.25) is 9.48 Å². The van der Waals surface area contributed by atoms with E-state index in [-0.39, 0.29) is 21.4 Å². The summed E-state index contributed by atoms with van der Waals surface area (Å²) in [6, 6.07) is 12.6. The Morgan fingerprint density at radius 3 is 2.41 bits per heavy atom. The molecular weight excluding hydrogens is 416 g/mol. The minimum atomic E-state index is -3.92. The Kier molecular flexibility index (Phi) is 6.00. The smallest absolute Gasteiger partial charge is 0.339 e. The lowest BCUT2D eigenvalue weighted by Gasteiger charge is -2.07. The van der Waals surface area contributed by atoms with Gasteiger partial charge in [0.2, 0.25) is 0 Å². The molecule has 0 unspecified atom stereocenters. The average molecular weight is 433 g/mol. The molecule has 0 bridgehead atoms. The van der Waals surface area contributed by atoms with Crippen LogP contribution in [0.4, 0.5) is 0 Å². The van der Waals surface area contributed by atoms with E-state index in [1.54, 1.807) is 31.3 Å². The van der Waals surface area contributed by atoms with Gasteiger partial charge in [0.25, 0.3) is 5.91 Å². The van der Waals surface area contributed by atoms with Gasteiger partial charge in [0.15, 0.2) is 5.69 Å². The molecule has 0 spiro atoms. The Balaban J connectivity index is 1.62. The van der Waals surface area contributed by atoms with Crippen LogP contribution in [0.5, 0.6) is 5.75 Å². The van der Waals surface area contributed by atoms with Crippen molar-refractivity contribution in [3.63, 3.8) is 0 Å². The third-order valence-corrected chi connectivity index (χ3v) is 5.31. The number of benzene rings is 2. The first-order valence-corrected chi connectivity index (χ1v) is 10.2. The van der Waals surface area contributed by atoms with E-state index in [1.807, 2.05) is 6.92 Å². The van der Waals surface area contributed by atoms with Crippen molar-refractivity contribution in [3.8, 4) is 5.75 Å². The van der Waals surface area contributed by atoms with Crippen molar-refractivity contribution in [2.45, 2.75) is 11.8 Å². The van der Waals surface area contributed by atoms with E-state index in [0.29, 0.717) is 5.56 Å². The third-order valence-electron chi connectivity index (χ3n) is 3.77. The summed E-state index contributed by atoms with van der Waals surface area (Å²) in [5.74, 6) is -0.386. The molecule has 1 heterocycles. The highest BCUT2D eigenvalue weighted by molar-refractivity contribution is 7.87. The second-order valence-corrected chi connectivity index (χ2v) is 8.07. The largest absolute Gasteiger partial charge is 0.379 e. The lowest BCUT2D eigenvalue weighted by Crippen LogP contribution is -2.18. The summed E-state index contributed by atoms with van der Waals surface area (Å²) in [6.07, 6.45) is 2.90. The number of aromatic nitrogens is 2. The summed E-state index contributed by atoms with van der Waals surface area (Å²) in [5, 5.41) is 7.99. The molecule has 0 aliphatic heterocycles. The van der Waals surface area contributed by atoms with Gasteiger partial charge >= 0.3 is 10.1 Å². The fourth-order valence-electron chi connectivity index (χ4n) is 2.32. The van der Waals surface area contributed by atoms with Gasteiger partial charge in [-0.05, 0) is 48.9 Å². The summed E-state index contributed by atoms with van der Waals surface area (Å²) < 4.78 is 31.1. The van der Waals surface area contributed by atoms with E-state index >= 15 is 0 Å². The van der Waals surface area contributed by atoms with E-state index < -0.39 is 16.0 Å². The van der Waals surface area contributed by atoms with Crippen LogP contribution in [0.15, 0.2) is 64.7 Å². The van der Waals surface area contributed by atoms with Crippen LogP contribution in [0.3, 0.4) is 0 Å². The van der Waals surface area contributed by atoms with Crippen LogP contribution in [-0.4, -0.2) is 30.3 Å². The number of hydrogen-bond acceptors (Lipinski definition) is 6. The molecule has 0 radical (unpaired) electrons. The molecule has 0 saturated carbocycles. The van der Waals surface area contributed by atoms with Gasteiger partial charge in [-0.2, -0.15) is 18.6 Å². The zero-order valence-electron chi connectivity index (χ0n) is 15.5. The average Bonchev–Trinajstić information content (AvgIpc) is 3.01. The quantitative estimate of drug-likeness (QED) is 0.366. The van der Waals surface area contributed by atoms with Gasteiger partial charge in [-0.15, -0.1) is 0 Å². The van der Waals surface area contributed by atoms with Gasteiger partial charge in [-0.1, -0.05) is 29.3 Å². The molecule has 1 N–H and O–H groups in total. The van der Waals surface area contributed by atoms with Gasteiger partial charge < -0.3 is 4.18 Å². The predicted octanol–water partition coefficient (Wildman–Crippen LogP) is 2.91. The van der Waals surface area contributed by atoms with Crippen LogP contribution < -0.4 is 9.61 Å². The number of aryl methyl sites for hydroxylation is 2. The van der Waals surface area contributed by atoms with E-state index in [9.17, 15) is 13.2 Å². The van der Waals surface area contributed by atoms with Crippen molar-refractivity contribution < 1.29 is 17.4 Å². The molecule has 0 atom stereocenters. The van der Waals surface area contributed by atoms with Crippen molar-refractivity contribution >= 4 is 33.8 Å². The zero-order valence-corrected chi connectivity index (χ0v) is 17.1. The maximum Gasteiger partial charge on any atom is 0.339 e. The molecule has 1 aromatic heterocycles. The van der Waals surface area contributed by atoms with E-state index in [2.05, 4.69) is 15.6 Å². The molecule has 3 rings (SSSR count). The van der Waals surface area contributed by atoms with Gasteiger partial charge in [0.05, 0.1) is 11.2 Å². The van der Waals surface area contributed by atoms with Gasteiger partial charge in [-0.25, -0.2) is 5.43 Å². The summed E-state index contributed by atoms with van der Waals surface area (Å²) in [5.41, 5.74) is 3.96. The molecule has 0 fully saturated rings.